The van der Waals surface area contributed by atoms with E-state index in [1.807, 2.05) is 25.9 Å². The van der Waals surface area contributed by atoms with Crippen LogP contribution in [0.1, 0.15) is 16.8 Å². The number of halogens is 1. The van der Waals surface area contributed by atoms with E-state index in [2.05, 4.69) is 5.10 Å². The molecule has 0 aliphatic heterocycles. The van der Waals surface area contributed by atoms with Gasteiger partial charge >= 0.3 is 0 Å². The van der Waals surface area contributed by atoms with Gasteiger partial charge in [-0.05, 0) is 24.6 Å². The molecule has 5 heteroatoms. The van der Waals surface area contributed by atoms with Crippen LogP contribution in [-0.4, -0.2) is 21.9 Å². The van der Waals surface area contributed by atoms with Gasteiger partial charge in [0.05, 0.1) is 12.3 Å². The van der Waals surface area contributed by atoms with Crippen LogP contribution in [0.3, 0.4) is 0 Å². The predicted octanol–water partition coefficient (Wildman–Crippen LogP) is 2.00. The number of aliphatic hydroxyl groups excluding tert-OH is 1. The van der Waals surface area contributed by atoms with Gasteiger partial charge in [-0.3, -0.25) is 4.68 Å². The Labute approximate surface area is 112 Å². The van der Waals surface area contributed by atoms with Gasteiger partial charge in [0.2, 0.25) is 0 Å². The number of hydrogen-bond donors (Lipinski definition) is 1. The maximum absolute atomic E-state index is 12.9. The summed E-state index contributed by atoms with van der Waals surface area (Å²) in [6.45, 7) is 2.47. The first kappa shape index (κ1) is 13.5. The fourth-order valence-electron chi connectivity index (χ4n) is 2.29. The van der Waals surface area contributed by atoms with Gasteiger partial charge in [0.15, 0.2) is 0 Å². The minimum Gasteiger partial charge on any atom is -0.391 e. The Hall–Kier alpha value is -1.88. The van der Waals surface area contributed by atoms with Crippen molar-refractivity contribution < 1.29 is 9.50 Å². The minimum absolute atomic E-state index is 0.0389. The molecule has 0 saturated heterocycles. The minimum atomic E-state index is -0.237. The largest absolute Gasteiger partial charge is 0.391 e. The molecule has 0 aliphatic carbocycles. The van der Waals surface area contributed by atoms with Crippen LogP contribution in [-0.2, 0) is 20.2 Å². The van der Waals surface area contributed by atoms with Gasteiger partial charge in [-0.15, -0.1) is 0 Å². The van der Waals surface area contributed by atoms with E-state index >= 15 is 0 Å². The van der Waals surface area contributed by atoms with Crippen molar-refractivity contribution in [1.82, 2.24) is 9.78 Å². The normalized spacial score (nSPS) is 10.8. The summed E-state index contributed by atoms with van der Waals surface area (Å²) in [5.74, 6) is 0.642. The lowest BCUT2D eigenvalue weighted by Gasteiger charge is -2.20. The molecule has 2 aromatic rings. The molecule has 4 nitrogen and oxygen atoms in total. The smallest absolute Gasteiger partial charge is 0.132 e. The maximum Gasteiger partial charge on any atom is 0.132 e. The predicted molar refractivity (Wildman–Crippen MR) is 72.4 cm³/mol. The van der Waals surface area contributed by atoms with Gasteiger partial charge < -0.3 is 10.0 Å². The van der Waals surface area contributed by atoms with E-state index in [0.29, 0.717) is 6.54 Å². The maximum atomic E-state index is 12.9. The molecule has 0 aliphatic rings. The Kier molecular flexibility index (Phi) is 3.85. The van der Waals surface area contributed by atoms with Crippen molar-refractivity contribution in [2.24, 2.45) is 7.05 Å². The summed E-state index contributed by atoms with van der Waals surface area (Å²) in [7, 11) is 3.78. The summed E-state index contributed by atoms with van der Waals surface area (Å²) in [4.78, 5) is 2.00. The fourth-order valence-corrected chi connectivity index (χ4v) is 2.29. The van der Waals surface area contributed by atoms with Crippen molar-refractivity contribution in [1.29, 1.82) is 0 Å². The van der Waals surface area contributed by atoms with E-state index in [4.69, 9.17) is 0 Å². The lowest BCUT2D eigenvalue weighted by atomic mass is 10.2. The van der Waals surface area contributed by atoms with Crippen LogP contribution in [0.4, 0.5) is 10.2 Å². The molecular formula is C14H18FN3O. The van der Waals surface area contributed by atoms with Crippen LogP contribution in [0.15, 0.2) is 24.3 Å². The zero-order chi connectivity index (χ0) is 14.0. The van der Waals surface area contributed by atoms with Crippen molar-refractivity contribution in [3.8, 4) is 0 Å². The molecule has 0 spiro atoms. The highest BCUT2D eigenvalue weighted by Gasteiger charge is 2.16. The van der Waals surface area contributed by atoms with E-state index < -0.39 is 0 Å². The number of aromatic nitrogens is 2. The fraction of sp³-hybridized carbons (Fsp3) is 0.357. The molecule has 1 aromatic carbocycles. The highest BCUT2D eigenvalue weighted by molar-refractivity contribution is 5.49. The second-order valence-electron chi connectivity index (χ2n) is 4.65. The number of nitrogens with zero attached hydrogens (tertiary/aromatic N) is 3. The van der Waals surface area contributed by atoms with Gasteiger partial charge in [0.1, 0.15) is 11.6 Å². The first-order valence-corrected chi connectivity index (χ1v) is 6.12. The first-order chi connectivity index (χ1) is 9.02. The van der Waals surface area contributed by atoms with Crippen LogP contribution in [0.25, 0.3) is 0 Å². The Morgan fingerprint density at radius 3 is 2.53 bits per heavy atom. The molecule has 0 fully saturated rings. The van der Waals surface area contributed by atoms with Crippen molar-refractivity contribution in [2.75, 3.05) is 11.9 Å². The van der Waals surface area contributed by atoms with Crippen LogP contribution < -0.4 is 4.90 Å². The van der Waals surface area contributed by atoms with Crippen LogP contribution in [0.2, 0.25) is 0 Å². The highest BCUT2D eigenvalue weighted by Crippen LogP contribution is 2.23. The van der Waals surface area contributed by atoms with Crippen molar-refractivity contribution in [2.45, 2.75) is 20.1 Å². The van der Waals surface area contributed by atoms with E-state index in [1.54, 1.807) is 16.8 Å². The molecule has 2 rings (SSSR count). The topological polar surface area (TPSA) is 41.3 Å². The number of rotatable bonds is 4. The molecule has 1 N–H and O–H groups in total. The number of aliphatic hydroxyl groups is 1. The molecule has 0 amide bonds. The van der Waals surface area contributed by atoms with Crippen LogP contribution >= 0.6 is 0 Å². The molecule has 1 heterocycles. The lowest BCUT2D eigenvalue weighted by molar-refractivity contribution is 0.281. The molecule has 0 radical (unpaired) electrons. The monoisotopic (exact) mass is 263 g/mol. The molecular weight excluding hydrogens is 245 g/mol. The molecule has 0 unspecified atom stereocenters. The molecule has 0 bridgehead atoms. The SMILES string of the molecule is Cc1nn(C)c(N(C)Cc2ccc(F)cc2)c1CO. The summed E-state index contributed by atoms with van der Waals surface area (Å²) < 4.78 is 14.6. The van der Waals surface area contributed by atoms with Crippen molar-refractivity contribution in [3.05, 3.63) is 46.9 Å². The highest BCUT2D eigenvalue weighted by atomic mass is 19.1. The average molecular weight is 263 g/mol. The second-order valence-corrected chi connectivity index (χ2v) is 4.65. The van der Waals surface area contributed by atoms with Crippen LogP contribution in [0, 0.1) is 12.7 Å². The van der Waals surface area contributed by atoms with E-state index in [1.165, 1.54) is 12.1 Å². The Morgan fingerprint density at radius 2 is 1.95 bits per heavy atom. The molecule has 0 saturated carbocycles. The Morgan fingerprint density at radius 1 is 1.32 bits per heavy atom. The lowest BCUT2D eigenvalue weighted by Crippen LogP contribution is -2.20. The Balaban J connectivity index is 2.24. The average Bonchev–Trinajstić information content (AvgIpc) is 2.66. The number of aryl methyl sites for hydroxylation is 2. The summed E-state index contributed by atoms with van der Waals surface area (Å²) in [6.07, 6.45) is 0. The van der Waals surface area contributed by atoms with E-state index in [9.17, 15) is 9.50 Å². The summed E-state index contributed by atoms with van der Waals surface area (Å²) >= 11 is 0. The van der Waals surface area contributed by atoms with E-state index in [0.717, 1.165) is 22.6 Å². The van der Waals surface area contributed by atoms with Crippen molar-refractivity contribution >= 4 is 5.82 Å². The van der Waals surface area contributed by atoms with Gasteiger partial charge in [-0.1, -0.05) is 12.1 Å². The van der Waals surface area contributed by atoms with Gasteiger partial charge in [0.25, 0.3) is 0 Å². The molecule has 1 aromatic heterocycles. The summed E-state index contributed by atoms with van der Waals surface area (Å²) in [5.41, 5.74) is 2.66. The second kappa shape index (κ2) is 5.40. The van der Waals surface area contributed by atoms with Crippen LogP contribution in [0.5, 0.6) is 0 Å². The Bertz CT molecular complexity index is 563. The molecule has 19 heavy (non-hydrogen) atoms. The molecule has 102 valence electrons. The molecule has 0 atom stereocenters. The third kappa shape index (κ3) is 2.76. The quantitative estimate of drug-likeness (QED) is 0.917. The standard InChI is InChI=1S/C14H18FN3O/c1-10-13(9-19)14(18(3)16-10)17(2)8-11-4-6-12(15)7-5-11/h4-7,19H,8-9H2,1-3H3. The summed E-state index contributed by atoms with van der Waals surface area (Å²) in [5, 5.41) is 13.7. The number of hydrogen-bond acceptors (Lipinski definition) is 3. The third-order valence-electron chi connectivity index (χ3n) is 3.17. The van der Waals surface area contributed by atoms with Gasteiger partial charge in [-0.25, -0.2) is 4.39 Å². The first-order valence-electron chi connectivity index (χ1n) is 6.12. The number of anilines is 1. The van der Waals surface area contributed by atoms with Crippen molar-refractivity contribution in [3.63, 3.8) is 0 Å². The zero-order valence-corrected chi connectivity index (χ0v) is 11.4. The summed E-state index contributed by atoms with van der Waals surface area (Å²) in [6, 6.07) is 6.41. The van der Waals surface area contributed by atoms with E-state index in [-0.39, 0.29) is 12.4 Å². The number of benzene rings is 1. The zero-order valence-electron chi connectivity index (χ0n) is 11.4. The van der Waals surface area contributed by atoms with Gasteiger partial charge in [0, 0.05) is 26.2 Å². The third-order valence-corrected chi connectivity index (χ3v) is 3.17. The van der Waals surface area contributed by atoms with Gasteiger partial charge in [-0.2, -0.15) is 5.10 Å².